The second kappa shape index (κ2) is 9.27. The minimum absolute atomic E-state index is 0.211. The van der Waals surface area contributed by atoms with Crippen molar-refractivity contribution in [2.24, 2.45) is 5.92 Å². The van der Waals surface area contributed by atoms with E-state index in [9.17, 15) is 4.79 Å². The maximum Gasteiger partial charge on any atom is 0.330 e. The van der Waals surface area contributed by atoms with Crippen molar-refractivity contribution in [2.75, 3.05) is 26.8 Å². The summed E-state index contributed by atoms with van der Waals surface area (Å²) in [5.74, 6) is 0.206. The number of benzene rings is 1. The molecule has 0 aliphatic carbocycles. The number of halogens is 2. The van der Waals surface area contributed by atoms with E-state index in [0.29, 0.717) is 16.0 Å². The second-order valence-electron chi connectivity index (χ2n) is 9.72. The van der Waals surface area contributed by atoms with Crippen LogP contribution in [0.4, 0.5) is 0 Å². The summed E-state index contributed by atoms with van der Waals surface area (Å²) in [5, 5.41) is 1.24. The van der Waals surface area contributed by atoms with Crippen LogP contribution < -0.4 is 0 Å². The molecular weight excluding hydrogens is 425 g/mol. The number of likely N-dealkylation sites (tertiary alicyclic amines) is 1. The third-order valence-electron chi connectivity index (χ3n) is 6.74. The van der Waals surface area contributed by atoms with Crippen LogP contribution >= 0.6 is 23.2 Å². The molecule has 0 saturated carbocycles. The molecule has 4 nitrogen and oxygen atoms in total. The van der Waals surface area contributed by atoms with Gasteiger partial charge in [0, 0.05) is 16.7 Å². The number of nitrogens with zero attached hydrogens (tertiary/aromatic N) is 1. The van der Waals surface area contributed by atoms with Gasteiger partial charge in [-0.05, 0) is 80.7 Å². The smallest absolute Gasteiger partial charge is 0.330 e. The first kappa shape index (κ1) is 24.7. The molecule has 0 bridgehead atoms. The number of piperidine rings is 1. The minimum Gasteiger partial charge on any atom is -0.467 e. The fraction of sp³-hybridized carbons (Fsp3) is 0.682. The molecule has 0 N–H and O–H groups in total. The van der Waals surface area contributed by atoms with Crippen LogP contribution in [0.2, 0.25) is 28.2 Å². The molecule has 164 valence electrons. The summed E-state index contributed by atoms with van der Waals surface area (Å²) in [6, 6.07) is 5.28. The third-order valence-corrected chi connectivity index (χ3v) is 11.7. The van der Waals surface area contributed by atoms with Crippen LogP contribution in [-0.4, -0.2) is 46.0 Å². The van der Waals surface area contributed by atoms with Crippen LogP contribution in [0.1, 0.15) is 46.1 Å². The van der Waals surface area contributed by atoms with E-state index in [1.807, 2.05) is 6.92 Å². The Balaban J connectivity index is 2.12. The first-order valence-corrected chi connectivity index (χ1v) is 13.9. The molecule has 1 aromatic carbocycles. The van der Waals surface area contributed by atoms with E-state index in [1.54, 1.807) is 18.2 Å². The predicted octanol–water partition coefficient (Wildman–Crippen LogP) is 6.12. The fourth-order valence-electron chi connectivity index (χ4n) is 3.55. The van der Waals surface area contributed by atoms with Gasteiger partial charge in [0.15, 0.2) is 8.32 Å². The maximum absolute atomic E-state index is 12.8. The average Bonchev–Trinajstić information content (AvgIpc) is 2.63. The Morgan fingerprint density at radius 2 is 1.62 bits per heavy atom. The van der Waals surface area contributed by atoms with E-state index < -0.39 is 13.9 Å². The molecule has 7 heteroatoms. The molecule has 1 unspecified atom stereocenters. The van der Waals surface area contributed by atoms with Crippen molar-refractivity contribution in [1.29, 1.82) is 0 Å². The Hall–Kier alpha value is -0.593. The summed E-state index contributed by atoms with van der Waals surface area (Å²) in [5.41, 5.74) is -0.160. The lowest BCUT2D eigenvalue weighted by Crippen LogP contribution is -2.54. The molecule has 29 heavy (non-hydrogen) atoms. The van der Waals surface area contributed by atoms with Gasteiger partial charge < -0.3 is 9.16 Å². The van der Waals surface area contributed by atoms with Gasteiger partial charge in [0.1, 0.15) is 5.54 Å². The standard InChI is InChI=1S/C22H35Cl2NO3Si/c1-21(2,3)29(6,7)28-15-16-8-10-25(11-9-16)22(4,20(26)27-5)17-12-18(23)14-19(24)13-17/h12-14,16H,8-11,15H2,1-7H3. The molecule has 2 rings (SSSR count). The summed E-state index contributed by atoms with van der Waals surface area (Å²) in [6.07, 6.45) is 1.96. The number of ether oxygens (including phenoxy) is 1. The van der Waals surface area contributed by atoms with Crippen molar-refractivity contribution in [2.45, 2.75) is 64.2 Å². The maximum atomic E-state index is 12.8. The topological polar surface area (TPSA) is 38.8 Å². The Kier molecular flexibility index (Phi) is 7.89. The van der Waals surface area contributed by atoms with Gasteiger partial charge in [-0.25, -0.2) is 4.79 Å². The van der Waals surface area contributed by atoms with Gasteiger partial charge in [-0.1, -0.05) is 44.0 Å². The number of rotatable bonds is 6. The van der Waals surface area contributed by atoms with Gasteiger partial charge >= 0.3 is 5.97 Å². The Labute approximate surface area is 187 Å². The summed E-state index contributed by atoms with van der Waals surface area (Å²) < 4.78 is 11.6. The van der Waals surface area contributed by atoms with E-state index in [4.69, 9.17) is 32.4 Å². The molecule has 1 aromatic rings. The van der Waals surface area contributed by atoms with Gasteiger partial charge in [0.2, 0.25) is 0 Å². The number of carbonyl (C=O) groups is 1. The number of esters is 1. The zero-order valence-corrected chi connectivity index (χ0v) is 21.3. The van der Waals surface area contributed by atoms with E-state index >= 15 is 0 Å². The molecule has 0 spiro atoms. The van der Waals surface area contributed by atoms with Crippen LogP contribution in [0, 0.1) is 5.92 Å². The molecule has 1 atom stereocenters. The van der Waals surface area contributed by atoms with E-state index in [0.717, 1.165) is 38.1 Å². The molecule has 1 fully saturated rings. The first-order chi connectivity index (χ1) is 13.3. The molecule has 0 radical (unpaired) electrons. The van der Waals surface area contributed by atoms with E-state index in [-0.39, 0.29) is 11.0 Å². The monoisotopic (exact) mass is 459 g/mol. The van der Waals surface area contributed by atoms with Crippen LogP contribution in [-0.2, 0) is 19.5 Å². The number of hydrogen-bond acceptors (Lipinski definition) is 4. The van der Waals surface area contributed by atoms with E-state index in [2.05, 4.69) is 38.8 Å². The second-order valence-corrected chi connectivity index (χ2v) is 15.4. The van der Waals surface area contributed by atoms with Gasteiger partial charge in [0.05, 0.1) is 7.11 Å². The van der Waals surface area contributed by atoms with Gasteiger partial charge in [0.25, 0.3) is 0 Å². The molecule has 1 saturated heterocycles. The number of methoxy groups -OCH3 is 1. The molecule has 0 aromatic heterocycles. The lowest BCUT2D eigenvalue weighted by molar-refractivity contribution is -0.156. The Morgan fingerprint density at radius 3 is 2.07 bits per heavy atom. The summed E-state index contributed by atoms with van der Waals surface area (Å²) in [7, 11) is -0.325. The molecular formula is C22H35Cl2NO3Si. The van der Waals surface area contributed by atoms with Crippen LogP contribution in [0.3, 0.4) is 0 Å². The molecule has 1 heterocycles. The highest BCUT2D eigenvalue weighted by Gasteiger charge is 2.44. The van der Waals surface area contributed by atoms with Crippen molar-refractivity contribution in [3.8, 4) is 0 Å². The van der Waals surface area contributed by atoms with Crippen molar-refractivity contribution in [1.82, 2.24) is 4.90 Å². The van der Waals surface area contributed by atoms with Crippen LogP contribution in [0.15, 0.2) is 18.2 Å². The van der Waals surface area contributed by atoms with Crippen molar-refractivity contribution in [3.63, 3.8) is 0 Å². The van der Waals surface area contributed by atoms with Gasteiger partial charge in [-0.15, -0.1) is 0 Å². The van der Waals surface area contributed by atoms with Crippen molar-refractivity contribution >= 4 is 37.5 Å². The minimum atomic E-state index is -1.75. The quantitative estimate of drug-likeness (QED) is 0.379. The Bertz CT molecular complexity index is 707. The van der Waals surface area contributed by atoms with Crippen molar-refractivity contribution < 1.29 is 14.0 Å². The van der Waals surface area contributed by atoms with E-state index in [1.165, 1.54) is 7.11 Å². The van der Waals surface area contributed by atoms with Gasteiger partial charge in [-0.3, -0.25) is 4.90 Å². The predicted molar refractivity (Wildman–Crippen MR) is 123 cm³/mol. The highest BCUT2D eigenvalue weighted by Crippen LogP contribution is 2.39. The van der Waals surface area contributed by atoms with Crippen LogP contribution in [0.5, 0.6) is 0 Å². The summed E-state index contributed by atoms with van der Waals surface area (Å²) in [6.45, 7) is 15.6. The SMILES string of the molecule is COC(=O)C(C)(c1cc(Cl)cc(Cl)c1)N1CCC(CO[Si](C)(C)C(C)(C)C)CC1. The molecule has 1 aliphatic rings. The summed E-state index contributed by atoms with van der Waals surface area (Å²) in [4.78, 5) is 15.0. The highest BCUT2D eigenvalue weighted by atomic mass is 35.5. The van der Waals surface area contributed by atoms with Crippen molar-refractivity contribution in [3.05, 3.63) is 33.8 Å². The molecule has 0 amide bonds. The van der Waals surface area contributed by atoms with Crippen LogP contribution in [0.25, 0.3) is 0 Å². The fourth-order valence-corrected chi connectivity index (χ4v) is 5.16. The first-order valence-electron chi connectivity index (χ1n) is 10.3. The van der Waals surface area contributed by atoms with Gasteiger partial charge in [-0.2, -0.15) is 0 Å². The average molecular weight is 461 g/mol. The lowest BCUT2D eigenvalue weighted by atomic mass is 9.86. The third kappa shape index (κ3) is 5.56. The normalized spacial score (nSPS) is 19.1. The number of hydrogen-bond donors (Lipinski definition) is 0. The highest BCUT2D eigenvalue weighted by molar-refractivity contribution is 6.74. The summed E-state index contributed by atoms with van der Waals surface area (Å²) >= 11 is 12.4. The number of carbonyl (C=O) groups excluding carboxylic acids is 1. The lowest BCUT2D eigenvalue weighted by Gasteiger charge is -2.44. The zero-order chi connectivity index (χ0) is 22.0. The zero-order valence-electron chi connectivity index (χ0n) is 18.8. The Morgan fingerprint density at radius 1 is 1.10 bits per heavy atom. The molecule has 1 aliphatic heterocycles. The largest absolute Gasteiger partial charge is 0.467 e.